The highest BCUT2D eigenvalue weighted by Gasteiger charge is 2.19. The zero-order valence-corrected chi connectivity index (χ0v) is 11.8. The Kier molecular flexibility index (Phi) is 3.74. The molecule has 0 unspecified atom stereocenters. The Morgan fingerprint density at radius 3 is 2.76 bits per heavy atom. The molecular formula is C14H12N4O2S. The summed E-state index contributed by atoms with van der Waals surface area (Å²) in [6.07, 6.45) is 0.619. The average molecular weight is 300 g/mol. The quantitative estimate of drug-likeness (QED) is 0.909. The van der Waals surface area contributed by atoms with Gasteiger partial charge in [-0.3, -0.25) is 14.9 Å². The van der Waals surface area contributed by atoms with Crippen molar-refractivity contribution in [1.29, 1.82) is 0 Å². The normalized spacial score (nSPS) is 14.3. The molecule has 0 spiro atoms. The summed E-state index contributed by atoms with van der Waals surface area (Å²) in [5.41, 5.74) is 4.42. The molecule has 1 aliphatic rings. The summed E-state index contributed by atoms with van der Waals surface area (Å²) < 4.78 is 0. The lowest BCUT2D eigenvalue weighted by Gasteiger charge is -2.10. The van der Waals surface area contributed by atoms with E-state index in [2.05, 4.69) is 20.8 Å². The highest BCUT2D eigenvalue weighted by atomic mass is 32.1. The molecule has 2 amide bonds. The fraction of sp³-hybridized carbons (Fsp3) is 0.143. The van der Waals surface area contributed by atoms with Crippen LogP contribution in [-0.2, 0) is 9.59 Å². The lowest BCUT2D eigenvalue weighted by molar-refractivity contribution is -0.121. The molecule has 7 heteroatoms. The molecule has 0 saturated carbocycles. The third-order valence-corrected chi connectivity index (χ3v) is 3.72. The molecule has 3 rings (SSSR count). The molecule has 6 nitrogen and oxygen atoms in total. The van der Waals surface area contributed by atoms with Crippen molar-refractivity contribution in [1.82, 2.24) is 10.4 Å². The summed E-state index contributed by atoms with van der Waals surface area (Å²) in [5.74, 6) is -0.504. The molecule has 2 aromatic rings. The SMILES string of the molecule is O=C1CCC(C(=O)Nc2nc(-c3ccccc3)cs2)=NN1. The van der Waals surface area contributed by atoms with Crippen molar-refractivity contribution in [2.75, 3.05) is 5.32 Å². The molecule has 1 aromatic heterocycles. The Morgan fingerprint density at radius 1 is 1.24 bits per heavy atom. The van der Waals surface area contributed by atoms with Gasteiger partial charge in [0.2, 0.25) is 5.91 Å². The second-order valence-corrected chi connectivity index (χ2v) is 5.31. The largest absolute Gasteiger partial charge is 0.297 e. The van der Waals surface area contributed by atoms with Crippen molar-refractivity contribution >= 4 is 34.0 Å². The van der Waals surface area contributed by atoms with Crippen LogP contribution in [0.15, 0.2) is 40.8 Å². The lowest BCUT2D eigenvalue weighted by Crippen LogP contribution is -2.32. The fourth-order valence-electron chi connectivity index (χ4n) is 1.88. The van der Waals surface area contributed by atoms with E-state index >= 15 is 0 Å². The van der Waals surface area contributed by atoms with Crippen LogP contribution in [0.3, 0.4) is 0 Å². The number of carbonyl (C=O) groups excluding carboxylic acids is 2. The van der Waals surface area contributed by atoms with Gasteiger partial charge in [0.25, 0.3) is 5.91 Å². The Labute approximate surface area is 124 Å². The number of hydrogen-bond acceptors (Lipinski definition) is 5. The number of hydrogen-bond donors (Lipinski definition) is 2. The molecule has 2 heterocycles. The van der Waals surface area contributed by atoms with Crippen molar-refractivity contribution in [3.63, 3.8) is 0 Å². The molecule has 2 N–H and O–H groups in total. The number of aromatic nitrogens is 1. The molecule has 0 aliphatic carbocycles. The van der Waals surface area contributed by atoms with Crippen molar-refractivity contribution < 1.29 is 9.59 Å². The minimum atomic E-state index is -0.330. The summed E-state index contributed by atoms with van der Waals surface area (Å²) in [4.78, 5) is 27.4. The molecule has 1 aromatic carbocycles. The van der Waals surface area contributed by atoms with E-state index in [1.54, 1.807) is 0 Å². The number of anilines is 1. The number of amides is 2. The van der Waals surface area contributed by atoms with Gasteiger partial charge in [0.15, 0.2) is 5.13 Å². The Bertz CT molecular complexity index is 709. The molecule has 0 bridgehead atoms. The predicted molar refractivity (Wildman–Crippen MR) is 81.0 cm³/mol. The van der Waals surface area contributed by atoms with Gasteiger partial charge in [-0.15, -0.1) is 11.3 Å². The molecule has 21 heavy (non-hydrogen) atoms. The van der Waals surface area contributed by atoms with Crippen LogP contribution in [0.4, 0.5) is 5.13 Å². The Balaban J connectivity index is 1.70. The van der Waals surface area contributed by atoms with Gasteiger partial charge < -0.3 is 0 Å². The van der Waals surface area contributed by atoms with Crippen molar-refractivity contribution in [2.45, 2.75) is 12.8 Å². The highest BCUT2D eigenvalue weighted by molar-refractivity contribution is 7.14. The Hall–Kier alpha value is -2.54. The second-order valence-electron chi connectivity index (χ2n) is 4.45. The standard InChI is InChI=1S/C14H12N4O2S/c19-12-7-6-10(17-18-12)13(20)16-14-15-11(8-21-14)9-4-2-1-3-5-9/h1-5,8H,6-7H2,(H,18,19)(H,15,16,20). The van der Waals surface area contributed by atoms with E-state index in [1.165, 1.54) is 11.3 Å². The lowest BCUT2D eigenvalue weighted by atomic mass is 10.2. The molecule has 0 fully saturated rings. The van der Waals surface area contributed by atoms with Crippen LogP contribution < -0.4 is 10.7 Å². The number of rotatable bonds is 3. The zero-order chi connectivity index (χ0) is 14.7. The van der Waals surface area contributed by atoms with Gasteiger partial charge in [-0.05, 0) is 0 Å². The maximum absolute atomic E-state index is 12.0. The minimum absolute atomic E-state index is 0.174. The van der Waals surface area contributed by atoms with Crippen molar-refractivity contribution in [2.24, 2.45) is 5.10 Å². The molecule has 0 atom stereocenters. The maximum atomic E-state index is 12.0. The van der Waals surface area contributed by atoms with Gasteiger partial charge in [-0.25, -0.2) is 10.4 Å². The van der Waals surface area contributed by atoms with Gasteiger partial charge >= 0.3 is 0 Å². The number of hydrazone groups is 1. The number of nitrogens with one attached hydrogen (secondary N) is 2. The van der Waals surface area contributed by atoms with E-state index in [0.717, 1.165) is 11.3 Å². The second kappa shape index (κ2) is 5.84. The number of carbonyl (C=O) groups is 2. The first-order valence-electron chi connectivity index (χ1n) is 6.40. The smallest absolute Gasteiger partial charge is 0.273 e. The third kappa shape index (κ3) is 3.14. The molecule has 1 aliphatic heterocycles. The topological polar surface area (TPSA) is 83.5 Å². The first kappa shape index (κ1) is 13.4. The minimum Gasteiger partial charge on any atom is -0.297 e. The van der Waals surface area contributed by atoms with Gasteiger partial charge in [-0.2, -0.15) is 5.10 Å². The first-order chi connectivity index (χ1) is 10.2. The van der Waals surface area contributed by atoms with E-state index in [1.807, 2.05) is 35.7 Å². The van der Waals surface area contributed by atoms with E-state index < -0.39 is 0 Å². The summed E-state index contributed by atoms with van der Waals surface area (Å²) >= 11 is 1.35. The maximum Gasteiger partial charge on any atom is 0.273 e. The van der Waals surface area contributed by atoms with Crippen LogP contribution in [0, 0.1) is 0 Å². The van der Waals surface area contributed by atoms with Crippen LogP contribution in [0.25, 0.3) is 11.3 Å². The molecule has 0 radical (unpaired) electrons. The van der Waals surface area contributed by atoms with Gasteiger partial charge in [0.05, 0.1) is 5.69 Å². The molecule has 0 saturated heterocycles. The van der Waals surface area contributed by atoms with E-state index in [9.17, 15) is 9.59 Å². The zero-order valence-electron chi connectivity index (χ0n) is 11.0. The number of benzene rings is 1. The van der Waals surface area contributed by atoms with Gasteiger partial charge in [-0.1, -0.05) is 30.3 Å². The van der Waals surface area contributed by atoms with Crippen LogP contribution >= 0.6 is 11.3 Å². The third-order valence-electron chi connectivity index (χ3n) is 2.96. The number of thiazole rings is 1. The van der Waals surface area contributed by atoms with Crippen LogP contribution in [0.2, 0.25) is 0 Å². The van der Waals surface area contributed by atoms with Crippen LogP contribution in [0.5, 0.6) is 0 Å². The summed E-state index contributed by atoms with van der Waals surface area (Å²) in [7, 11) is 0. The summed E-state index contributed by atoms with van der Waals surface area (Å²) in [5, 5.41) is 8.85. The van der Waals surface area contributed by atoms with Gasteiger partial charge in [0, 0.05) is 23.8 Å². The fourth-order valence-corrected chi connectivity index (χ4v) is 2.59. The van der Waals surface area contributed by atoms with Crippen LogP contribution in [-0.4, -0.2) is 22.5 Å². The van der Waals surface area contributed by atoms with Crippen molar-refractivity contribution in [3.8, 4) is 11.3 Å². The van der Waals surface area contributed by atoms with E-state index in [4.69, 9.17) is 0 Å². The van der Waals surface area contributed by atoms with Crippen molar-refractivity contribution in [3.05, 3.63) is 35.7 Å². The van der Waals surface area contributed by atoms with Crippen LogP contribution in [0.1, 0.15) is 12.8 Å². The average Bonchev–Trinajstić information content (AvgIpc) is 2.97. The Morgan fingerprint density at radius 2 is 2.05 bits per heavy atom. The molecule has 106 valence electrons. The monoisotopic (exact) mass is 300 g/mol. The summed E-state index contributed by atoms with van der Waals surface area (Å²) in [6.45, 7) is 0. The first-order valence-corrected chi connectivity index (χ1v) is 7.28. The number of nitrogens with zero attached hydrogens (tertiary/aromatic N) is 2. The predicted octanol–water partition coefficient (Wildman–Crippen LogP) is 2.01. The van der Waals surface area contributed by atoms with Gasteiger partial charge in [0.1, 0.15) is 5.71 Å². The highest BCUT2D eigenvalue weighted by Crippen LogP contribution is 2.24. The van der Waals surface area contributed by atoms with E-state index in [0.29, 0.717) is 17.3 Å². The van der Waals surface area contributed by atoms with E-state index in [-0.39, 0.29) is 18.2 Å². The summed E-state index contributed by atoms with van der Waals surface area (Å²) in [6, 6.07) is 9.73. The molecular weight excluding hydrogens is 288 g/mol.